The van der Waals surface area contributed by atoms with Crippen molar-refractivity contribution in [2.24, 2.45) is 11.1 Å². The molecule has 6 nitrogen and oxygen atoms in total. The van der Waals surface area contributed by atoms with Crippen molar-refractivity contribution < 1.29 is 9.59 Å². The molecule has 2 aliphatic rings. The Labute approximate surface area is 165 Å². The summed E-state index contributed by atoms with van der Waals surface area (Å²) in [5.74, 6) is 0.239. The molecule has 3 rings (SSSR count). The van der Waals surface area contributed by atoms with Crippen LogP contribution in [0, 0.1) is 5.41 Å². The van der Waals surface area contributed by atoms with Crippen LogP contribution >= 0.6 is 23.7 Å². The van der Waals surface area contributed by atoms with Crippen LogP contribution in [0.1, 0.15) is 29.9 Å². The quantitative estimate of drug-likeness (QED) is 0.835. The molecule has 1 atom stereocenters. The summed E-state index contributed by atoms with van der Waals surface area (Å²) in [6, 6.07) is 3.95. The largest absolute Gasteiger partial charge is 0.338 e. The Morgan fingerprint density at radius 3 is 2.42 bits per heavy atom. The number of nitrogens with zero attached hydrogens (tertiary/aromatic N) is 3. The van der Waals surface area contributed by atoms with E-state index in [9.17, 15) is 9.59 Å². The fourth-order valence-electron chi connectivity index (χ4n) is 3.63. The van der Waals surface area contributed by atoms with Gasteiger partial charge in [0.25, 0.3) is 5.91 Å². The fraction of sp³-hybridized carbons (Fsp3) is 0.667. The molecular formula is C18H29ClN4O2S. The van der Waals surface area contributed by atoms with Crippen molar-refractivity contribution in [3.8, 4) is 0 Å². The number of rotatable bonds is 3. The van der Waals surface area contributed by atoms with Crippen LogP contribution in [0.25, 0.3) is 0 Å². The Hall–Kier alpha value is -1.15. The lowest BCUT2D eigenvalue weighted by Gasteiger charge is -2.43. The summed E-state index contributed by atoms with van der Waals surface area (Å²) in [5.41, 5.74) is 6.22. The number of hydrogen-bond donors (Lipinski definition) is 1. The number of piperidine rings is 1. The summed E-state index contributed by atoms with van der Waals surface area (Å²) in [4.78, 5) is 31.7. The van der Waals surface area contributed by atoms with E-state index in [1.807, 2.05) is 27.3 Å². The molecule has 2 amide bonds. The zero-order valence-corrected chi connectivity index (χ0v) is 17.2. The van der Waals surface area contributed by atoms with Crippen LogP contribution in [-0.2, 0) is 4.79 Å². The highest BCUT2D eigenvalue weighted by Crippen LogP contribution is 2.27. The lowest BCUT2D eigenvalue weighted by Crippen LogP contribution is -2.56. The Bertz CT molecular complexity index is 615. The molecule has 3 heterocycles. The van der Waals surface area contributed by atoms with E-state index in [1.165, 1.54) is 11.3 Å². The standard InChI is InChI=1S/C18H28N4O2S.ClH/c1-18(2)13-20(6-5-15(18)19)12-16(23)21-7-9-22(10-8-21)17(24)14-4-3-11-25-14;/h3-4,11,15H,5-10,12-13,19H2,1-2H3;1H. The maximum absolute atomic E-state index is 12.6. The number of nitrogens with two attached hydrogens (primary N) is 1. The van der Waals surface area contributed by atoms with Gasteiger partial charge in [-0.25, -0.2) is 0 Å². The molecule has 0 saturated carbocycles. The molecule has 146 valence electrons. The smallest absolute Gasteiger partial charge is 0.264 e. The molecule has 1 aromatic rings. The minimum Gasteiger partial charge on any atom is -0.338 e. The maximum atomic E-state index is 12.6. The molecule has 1 unspecified atom stereocenters. The first-order chi connectivity index (χ1) is 11.9. The first kappa shape index (κ1) is 21.2. The third-order valence-electron chi connectivity index (χ3n) is 5.40. The molecule has 0 radical (unpaired) electrons. The molecule has 2 aliphatic heterocycles. The van der Waals surface area contributed by atoms with Gasteiger partial charge in [0, 0.05) is 45.3 Å². The van der Waals surface area contributed by atoms with Crippen LogP contribution in [0.4, 0.5) is 0 Å². The Morgan fingerprint density at radius 1 is 1.19 bits per heavy atom. The Balaban J connectivity index is 0.00000243. The number of piperazine rings is 1. The predicted molar refractivity (Wildman–Crippen MR) is 107 cm³/mol. The van der Waals surface area contributed by atoms with Gasteiger partial charge in [0.05, 0.1) is 11.4 Å². The van der Waals surface area contributed by atoms with E-state index in [4.69, 9.17) is 5.73 Å². The molecule has 0 bridgehead atoms. The third-order valence-corrected chi connectivity index (χ3v) is 6.26. The van der Waals surface area contributed by atoms with Crippen LogP contribution in [-0.4, -0.2) is 78.4 Å². The highest BCUT2D eigenvalue weighted by molar-refractivity contribution is 7.12. The molecule has 2 saturated heterocycles. The average Bonchev–Trinajstić information content (AvgIpc) is 3.12. The van der Waals surface area contributed by atoms with E-state index in [2.05, 4.69) is 18.7 Å². The minimum absolute atomic E-state index is 0. The first-order valence-corrected chi connectivity index (χ1v) is 9.83. The highest BCUT2D eigenvalue weighted by Gasteiger charge is 2.35. The van der Waals surface area contributed by atoms with Crippen molar-refractivity contribution in [3.63, 3.8) is 0 Å². The van der Waals surface area contributed by atoms with Gasteiger partial charge in [-0.1, -0.05) is 19.9 Å². The summed E-state index contributed by atoms with van der Waals surface area (Å²) in [5, 5.41) is 1.92. The topological polar surface area (TPSA) is 69.9 Å². The maximum Gasteiger partial charge on any atom is 0.264 e. The molecule has 2 N–H and O–H groups in total. The van der Waals surface area contributed by atoms with Crippen LogP contribution in [0.15, 0.2) is 17.5 Å². The molecule has 0 spiro atoms. The molecule has 26 heavy (non-hydrogen) atoms. The van der Waals surface area contributed by atoms with Crippen LogP contribution < -0.4 is 5.73 Å². The van der Waals surface area contributed by atoms with E-state index in [-0.39, 0.29) is 35.7 Å². The van der Waals surface area contributed by atoms with E-state index < -0.39 is 0 Å². The predicted octanol–water partition coefficient (Wildman–Crippen LogP) is 1.51. The van der Waals surface area contributed by atoms with Gasteiger partial charge in [-0.05, 0) is 23.3 Å². The second kappa shape index (κ2) is 8.69. The van der Waals surface area contributed by atoms with Crippen molar-refractivity contribution >= 4 is 35.6 Å². The summed E-state index contributed by atoms with van der Waals surface area (Å²) in [6.07, 6.45) is 0.934. The van der Waals surface area contributed by atoms with Gasteiger partial charge in [0.1, 0.15) is 0 Å². The normalized spacial score (nSPS) is 23.4. The molecule has 0 aliphatic carbocycles. The van der Waals surface area contributed by atoms with Crippen molar-refractivity contribution in [2.75, 3.05) is 45.8 Å². The SMILES string of the molecule is CC1(C)CN(CC(=O)N2CCN(C(=O)c3cccs3)CC2)CCC1N.Cl. The van der Waals surface area contributed by atoms with Crippen LogP contribution in [0.5, 0.6) is 0 Å². The second-order valence-electron chi connectivity index (χ2n) is 7.74. The van der Waals surface area contributed by atoms with Gasteiger partial charge in [0.15, 0.2) is 0 Å². The summed E-state index contributed by atoms with van der Waals surface area (Å²) in [6.45, 7) is 8.99. The van der Waals surface area contributed by atoms with Crippen molar-refractivity contribution in [2.45, 2.75) is 26.3 Å². The van der Waals surface area contributed by atoms with Crippen LogP contribution in [0.3, 0.4) is 0 Å². The summed E-state index contributed by atoms with van der Waals surface area (Å²) in [7, 11) is 0. The molecule has 0 aromatic carbocycles. The molecule has 1 aromatic heterocycles. The second-order valence-corrected chi connectivity index (χ2v) is 8.69. The lowest BCUT2D eigenvalue weighted by atomic mass is 9.80. The average molecular weight is 401 g/mol. The summed E-state index contributed by atoms with van der Waals surface area (Å²) < 4.78 is 0. The fourth-order valence-corrected chi connectivity index (χ4v) is 4.32. The molecule has 8 heteroatoms. The number of halogens is 1. The number of hydrogen-bond acceptors (Lipinski definition) is 5. The monoisotopic (exact) mass is 400 g/mol. The number of carbonyl (C=O) groups is 2. The van der Waals surface area contributed by atoms with Gasteiger partial charge in [-0.3, -0.25) is 14.5 Å². The number of carbonyl (C=O) groups excluding carboxylic acids is 2. The lowest BCUT2D eigenvalue weighted by molar-refractivity contribution is -0.134. The molecule has 2 fully saturated rings. The summed E-state index contributed by atoms with van der Waals surface area (Å²) >= 11 is 1.47. The van der Waals surface area contributed by atoms with E-state index >= 15 is 0 Å². The van der Waals surface area contributed by atoms with Crippen molar-refractivity contribution in [1.82, 2.24) is 14.7 Å². The zero-order chi connectivity index (χ0) is 18.0. The van der Waals surface area contributed by atoms with E-state index in [0.29, 0.717) is 32.7 Å². The van der Waals surface area contributed by atoms with Gasteiger partial charge in [0.2, 0.25) is 5.91 Å². The highest BCUT2D eigenvalue weighted by atomic mass is 35.5. The Morgan fingerprint density at radius 2 is 1.85 bits per heavy atom. The van der Waals surface area contributed by atoms with Crippen LogP contribution in [0.2, 0.25) is 0 Å². The van der Waals surface area contributed by atoms with Gasteiger partial charge in [-0.2, -0.15) is 0 Å². The van der Waals surface area contributed by atoms with E-state index in [1.54, 1.807) is 0 Å². The minimum atomic E-state index is 0. The van der Waals surface area contributed by atoms with Gasteiger partial charge < -0.3 is 15.5 Å². The third kappa shape index (κ3) is 4.76. The zero-order valence-electron chi connectivity index (χ0n) is 15.5. The van der Waals surface area contributed by atoms with Gasteiger partial charge in [-0.15, -0.1) is 23.7 Å². The van der Waals surface area contributed by atoms with Gasteiger partial charge >= 0.3 is 0 Å². The number of likely N-dealkylation sites (tertiary alicyclic amines) is 1. The van der Waals surface area contributed by atoms with Crippen molar-refractivity contribution in [1.29, 1.82) is 0 Å². The Kier molecular flexibility index (Phi) is 7.07. The van der Waals surface area contributed by atoms with Crippen molar-refractivity contribution in [3.05, 3.63) is 22.4 Å². The number of amides is 2. The number of thiophene rings is 1. The van der Waals surface area contributed by atoms with E-state index in [0.717, 1.165) is 24.4 Å². The molecular weight excluding hydrogens is 372 g/mol. The first-order valence-electron chi connectivity index (χ1n) is 8.95.